The van der Waals surface area contributed by atoms with Crippen LogP contribution in [0.2, 0.25) is 0 Å². The topological polar surface area (TPSA) is 114 Å². The van der Waals surface area contributed by atoms with E-state index in [1.54, 1.807) is 25.3 Å². The Hall–Kier alpha value is -4.34. The summed E-state index contributed by atoms with van der Waals surface area (Å²) in [6.07, 6.45) is 6.84. The molecule has 0 spiro atoms. The molecule has 0 amide bonds. The van der Waals surface area contributed by atoms with Gasteiger partial charge in [-0.1, -0.05) is 62.3 Å². The normalized spacial score (nSPS) is 19.6. The lowest BCUT2D eigenvalue weighted by Gasteiger charge is -2.46. The average molecular weight is 727 g/mol. The van der Waals surface area contributed by atoms with E-state index in [-0.39, 0.29) is 34.4 Å². The van der Waals surface area contributed by atoms with Crippen molar-refractivity contribution in [2.24, 2.45) is 16.2 Å². The van der Waals surface area contributed by atoms with Crippen LogP contribution in [0.3, 0.4) is 0 Å². The summed E-state index contributed by atoms with van der Waals surface area (Å²) < 4.78 is 25.1. The number of carbonyl (C=O) groups is 1. The molecule has 1 aliphatic carbocycles. The molecule has 3 aliphatic rings. The van der Waals surface area contributed by atoms with E-state index in [9.17, 15) is 14.7 Å². The maximum Gasteiger partial charge on any atom is 0.200 e. The number of hydrogen-bond acceptors (Lipinski definition) is 9. The van der Waals surface area contributed by atoms with Crippen LogP contribution in [-0.2, 0) is 21.0 Å². The third-order valence-electron chi connectivity index (χ3n) is 10.5. The first-order valence-corrected chi connectivity index (χ1v) is 18.3. The van der Waals surface area contributed by atoms with E-state index < -0.39 is 39.2 Å². The molecule has 1 N–H and O–H groups in total. The van der Waals surface area contributed by atoms with Crippen molar-refractivity contribution in [3.8, 4) is 34.3 Å². The van der Waals surface area contributed by atoms with Gasteiger partial charge in [-0.3, -0.25) is 9.59 Å². The Morgan fingerprint density at radius 1 is 0.868 bits per heavy atom. The number of Topliss-reactive ketones (excluding diaryl/α,β-unsaturated/α-hetero) is 1. The zero-order valence-corrected chi connectivity index (χ0v) is 33.6. The molecule has 9 nitrogen and oxygen atoms in total. The van der Waals surface area contributed by atoms with Gasteiger partial charge in [0.15, 0.2) is 16.8 Å². The molecule has 284 valence electrons. The number of fused-ring (bicyclic) bond motifs is 6. The van der Waals surface area contributed by atoms with Crippen molar-refractivity contribution in [2.75, 3.05) is 7.11 Å². The summed E-state index contributed by atoms with van der Waals surface area (Å²) in [7, 11) is 1.57. The van der Waals surface area contributed by atoms with Crippen molar-refractivity contribution in [2.45, 2.75) is 119 Å². The van der Waals surface area contributed by atoms with Gasteiger partial charge in [-0.15, -0.1) is 0 Å². The summed E-state index contributed by atoms with van der Waals surface area (Å²) in [5, 5.41) is 11.3. The Balaban J connectivity index is 1.49. The second kappa shape index (κ2) is 12.4. The zero-order valence-electron chi connectivity index (χ0n) is 33.6. The van der Waals surface area contributed by atoms with E-state index in [0.29, 0.717) is 50.8 Å². The minimum atomic E-state index is -1.19. The molecule has 0 saturated heterocycles. The highest BCUT2D eigenvalue weighted by molar-refractivity contribution is 6.11. The Kier molecular flexibility index (Phi) is 8.95. The summed E-state index contributed by atoms with van der Waals surface area (Å²) in [6, 6.07) is 6.79. The molecule has 1 unspecified atom stereocenters. The van der Waals surface area contributed by atoms with Gasteiger partial charge in [0, 0.05) is 40.7 Å². The van der Waals surface area contributed by atoms with E-state index in [1.165, 1.54) is 6.07 Å². The summed E-state index contributed by atoms with van der Waals surface area (Å²) in [5.74, 6) is 1.47. The number of ether oxygens (including phenoxy) is 3. The van der Waals surface area contributed by atoms with Crippen LogP contribution in [0.15, 0.2) is 62.9 Å². The van der Waals surface area contributed by atoms with E-state index in [0.717, 1.165) is 0 Å². The number of allylic oxidation sites excluding steroid dienone is 2. The number of phenolic OH excluding ortho intramolecular Hbond substituents is 1. The molecule has 53 heavy (non-hydrogen) atoms. The smallest absolute Gasteiger partial charge is 0.200 e. The molecule has 0 radical (unpaired) electrons. The van der Waals surface area contributed by atoms with Crippen LogP contribution in [0, 0.1) is 16.2 Å². The monoisotopic (exact) mass is 726 g/mol. The summed E-state index contributed by atoms with van der Waals surface area (Å²) in [6.45, 7) is 25.8. The Morgan fingerprint density at radius 3 is 2.06 bits per heavy atom. The van der Waals surface area contributed by atoms with Gasteiger partial charge in [0.05, 0.1) is 18.2 Å². The lowest BCUT2D eigenvalue weighted by Crippen LogP contribution is -2.51. The summed E-state index contributed by atoms with van der Waals surface area (Å²) in [4.78, 5) is 41.7. The van der Waals surface area contributed by atoms with Crippen molar-refractivity contribution in [3.05, 3.63) is 75.0 Å². The van der Waals surface area contributed by atoms with Gasteiger partial charge in [0.2, 0.25) is 0 Å². The maximum absolute atomic E-state index is 14.6. The third kappa shape index (κ3) is 6.71. The fourth-order valence-electron chi connectivity index (χ4n) is 7.01. The first-order chi connectivity index (χ1) is 24.3. The molecule has 2 aliphatic heterocycles. The van der Waals surface area contributed by atoms with Gasteiger partial charge >= 0.3 is 0 Å². The molecule has 2 aromatic carbocycles. The number of aromatic hydroxyl groups is 1. The molecular weight excluding hydrogens is 672 g/mol. The number of rotatable bonds is 5. The molecule has 0 fully saturated rings. The van der Waals surface area contributed by atoms with E-state index >= 15 is 0 Å². The van der Waals surface area contributed by atoms with E-state index in [4.69, 9.17) is 28.4 Å². The van der Waals surface area contributed by atoms with Crippen molar-refractivity contribution in [3.63, 3.8) is 0 Å². The quantitative estimate of drug-likeness (QED) is 0.203. The average Bonchev–Trinajstić information content (AvgIpc) is 3.19. The van der Waals surface area contributed by atoms with Crippen LogP contribution in [-0.4, -0.2) is 40.9 Å². The molecule has 1 aromatic heterocycles. The molecular formula is C44H54O9. The predicted molar refractivity (Wildman–Crippen MR) is 207 cm³/mol. The molecule has 9 heteroatoms. The van der Waals surface area contributed by atoms with Gasteiger partial charge in [-0.05, 0) is 75.0 Å². The fraction of sp³-hybridized carbons (Fsp3) is 0.500. The minimum Gasteiger partial charge on any atom is -0.507 e. The van der Waals surface area contributed by atoms with Crippen LogP contribution in [0.25, 0.3) is 28.4 Å². The van der Waals surface area contributed by atoms with Gasteiger partial charge in [-0.25, -0.2) is 9.78 Å². The number of methoxy groups -OCH3 is 1. The Bertz CT molecular complexity index is 2120. The number of carbonyl (C=O) groups excluding carboxylic acids is 1. The lowest BCUT2D eigenvalue weighted by molar-refractivity contribution is -0.412. The SMILES string of the molecule is COc1ccc2c(c1)OC(C(C)(C)OOC1(C(C)(C)C)C=C(C(C)(C)C)C(=O)C(C(C)(C)C)=C1)Cc1c-2oc2c3c(cc(O)c2c1=O)OC(C)(C)C=C3. The molecule has 3 heterocycles. The zero-order chi connectivity index (χ0) is 39.3. The van der Waals surface area contributed by atoms with Crippen LogP contribution in [0.4, 0.5) is 0 Å². The fourth-order valence-corrected chi connectivity index (χ4v) is 7.01. The van der Waals surface area contributed by atoms with Crippen LogP contribution in [0.1, 0.15) is 101 Å². The van der Waals surface area contributed by atoms with Crippen molar-refractivity contribution >= 4 is 22.8 Å². The number of ketones is 1. The highest BCUT2D eigenvalue weighted by Gasteiger charge is 2.50. The third-order valence-corrected chi connectivity index (χ3v) is 10.5. The van der Waals surface area contributed by atoms with Gasteiger partial charge in [0.1, 0.15) is 57.1 Å². The first kappa shape index (κ1) is 38.4. The van der Waals surface area contributed by atoms with Crippen molar-refractivity contribution in [1.29, 1.82) is 0 Å². The first-order valence-electron chi connectivity index (χ1n) is 18.3. The Labute approximate surface area is 312 Å². The van der Waals surface area contributed by atoms with Crippen LogP contribution < -0.4 is 19.6 Å². The van der Waals surface area contributed by atoms with Gasteiger partial charge in [-0.2, -0.15) is 0 Å². The van der Waals surface area contributed by atoms with E-state index in [1.807, 2.05) is 93.5 Å². The minimum absolute atomic E-state index is 0.00349. The lowest BCUT2D eigenvalue weighted by atomic mass is 9.64. The standard InChI is InChI=1S/C44H54O9/c1-39(2,3)28-22-44(41(7,8)9,23-29(36(28)47)40(4,5)6)53-52-43(12,13)33-20-27-35(46)34-30(45)21-32-26(17-18-42(10,11)51-32)38(34)50-37(27)25-16-15-24(48-14)19-31(25)49-33/h15-19,21-23,33,45H,20H2,1-14H3. The summed E-state index contributed by atoms with van der Waals surface area (Å²) in [5.41, 5.74) is -1.86. The van der Waals surface area contributed by atoms with Crippen LogP contribution >= 0.6 is 0 Å². The highest BCUT2D eigenvalue weighted by Crippen LogP contribution is 2.49. The largest absolute Gasteiger partial charge is 0.507 e. The molecule has 6 rings (SSSR count). The van der Waals surface area contributed by atoms with Gasteiger partial charge in [0.25, 0.3) is 0 Å². The summed E-state index contributed by atoms with van der Waals surface area (Å²) >= 11 is 0. The van der Waals surface area contributed by atoms with E-state index in [2.05, 4.69) is 20.8 Å². The highest BCUT2D eigenvalue weighted by atomic mass is 17.2. The second-order valence-electron chi connectivity index (χ2n) is 18.7. The molecule has 3 aromatic rings. The molecule has 0 saturated carbocycles. The Morgan fingerprint density at radius 2 is 1.49 bits per heavy atom. The molecule has 0 bridgehead atoms. The second-order valence-corrected chi connectivity index (χ2v) is 18.7. The number of phenols is 1. The van der Waals surface area contributed by atoms with Gasteiger partial charge < -0.3 is 23.7 Å². The number of hydrogen-bond donors (Lipinski definition) is 1. The van der Waals surface area contributed by atoms with Crippen molar-refractivity contribution < 1.29 is 38.3 Å². The maximum atomic E-state index is 14.6. The van der Waals surface area contributed by atoms with Crippen LogP contribution in [0.5, 0.6) is 23.0 Å². The molecule has 1 atom stereocenters. The van der Waals surface area contributed by atoms with Crippen molar-refractivity contribution in [1.82, 2.24) is 0 Å². The predicted octanol–water partition coefficient (Wildman–Crippen LogP) is 9.70. The number of benzene rings is 2.